The van der Waals surface area contributed by atoms with Crippen molar-refractivity contribution in [2.45, 2.75) is 6.92 Å². The van der Waals surface area contributed by atoms with Crippen molar-refractivity contribution in [2.24, 2.45) is 0 Å². The summed E-state index contributed by atoms with van der Waals surface area (Å²) in [7, 11) is 0. The summed E-state index contributed by atoms with van der Waals surface area (Å²) >= 11 is 6.12. The molecule has 0 amide bonds. The van der Waals surface area contributed by atoms with Crippen molar-refractivity contribution in [2.75, 3.05) is 5.73 Å². The summed E-state index contributed by atoms with van der Waals surface area (Å²) in [6, 6.07) is 13.7. The molecule has 1 nitrogen and oxygen atoms in total. The first-order valence-electron chi connectivity index (χ1n) is 4.79. The molecule has 0 fully saturated rings. The Hall–Kier alpha value is -1.47. The van der Waals surface area contributed by atoms with E-state index in [1.54, 1.807) is 0 Å². The van der Waals surface area contributed by atoms with Crippen LogP contribution in [0.25, 0.3) is 11.1 Å². The summed E-state index contributed by atoms with van der Waals surface area (Å²) in [5.41, 5.74) is 9.81. The third-order valence-corrected chi connectivity index (χ3v) is 2.61. The maximum atomic E-state index is 6.12. The summed E-state index contributed by atoms with van der Waals surface area (Å²) < 4.78 is 0. The highest BCUT2D eigenvalue weighted by Crippen LogP contribution is 2.29. The molecular formula is C13H12ClN. The van der Waals surface area contributed by atoms with Gasteiger partial charge in [0, 0.05) is 16.3 Å². The zero-order valence-electron chi connectivity index (χ0n) is 8.50. The number of aryl methyl sites for hydroxylation is 1. The van der Waals surface area contributed by atoms with Gasteiger partial charge in [-0.05, 0) is 36.2 Å². The molecule has 2 N–H and O–H groups in total. The van der Waals surface area contributed by atoms with E-state index >= 15 is 0 Å². The van der Waals surface area contributed by atoms with Gasteiger partial charge in [0.15, 0.2) is 0 Å². The van der Waals surface area contributed by atoms with Crippen LogP contribution in [0.3, 0.4) is 0 Å². The lowest BCUT2D eigenvalue weighted by Crippen LogP contribution is -1.88. The van der Waals surface area contributed by atoms with E-state index in [9.17, 15) is 0 Å². The maximum Gasteiger partial charge on any atom is 0.0484 e. The molecule has 0 saturated carbocycles. The van der Waals surface area contributed by atoms with Gasteiger partial charge >= 0.3 is 0 Å². The zero-order valence-corrected chi connectivity index (χ0v) is 9.25. The minimum absolute atomic E-state index is 0.752. The van der Waals surface area contributed by atoms with Gasteiger partial charge in [0.1, 0.15) is 0 Å². The molecule has 0 heterocycles. The van der Waals surface area contributed by atoms with Crippen LogP contribution in [0.15, 0.2) is 42.5 Å². The van der Waals surface area contributed by atoms with Gasteiger partial charge in [0.05, 0.1) is 0 Å². The van der Waals surface area contributed by atoms with Crippen LogP contribution in [0.2, 0.25) is 5.02 Å². The van der Waals surface area contributed by atoms with E-state index in [2.05, 4.69) is 6.07 Å². The second-order valence-electron chi connectivity index (χ2n) is 3.61. The summed E-state index contributed by atoms with van der Waals surface area (Å²) in [5, 5.41) is 0.752. The van der Waals surface area contributed by atoms with Gasteiger partial charge < -0.3 is 5.73 Å². The molecule has 2 heteroatoms. The molecule has 0 radical (unpaired) electrons. The summed E-state index contributed by atoms with van der Waals surface area (Å²) in [4.78, 5) is 0. The average molecular weight is 218 g/mol. The Morgan fingerprint density at radius 3 is 2.47 bits per heavy atom. The van der Waals surface area contributed by atoms with Crippen molar-refractivity contribution in [1.29, 1.82) is 0 Å². The summed E-state index contributed by atoms with van der Waals surface area (Å²) in [5.74, 6) is 0. The van der Waals surface area contributed by atoms with E-state index in [0.29, 0.717) is 0 Å². The molecule has 0 aromatic heterocycles. The van der Waals surface area contributed by atoms with Crippen molar-refractivity contribution in [3.05, 3.63) is 53.1 Å². The summed E-state index contributed by atoms with van der Waals surface area (Å²) in [6.07, 6.45) is 0. The minimum Gasteiger partial charge on any atom is -0.399 e. The van der Waals surface area contributed by atoms with Crippen molar-refractivity contribution in [3.63, 3.8) is 0 Å². The molecule has 0 aliphatic carbocycles. The van der Waals surface area contributed by atoms with Gasteiger partial charge in [-0.15, -0.1) is 0 Å². The van der Waals surface area contributed by atoms with Crippen molar-refractivity contribution in [1.82, 2.24) is 0 Å². The number of anilines is 1. The van der Waals surface area contributed by atoms with E-state index in [0.717, 1.165) is 27.4 Å². The number of halogens is 1. The Morgan fingerprint density at radius 2 is 1.80 bits per heavy atom. The Kier molecular flexibility index (Phi) is 2.65. The second-order valence-corrected chi connectivity index (χ2v) is 4.02. The van der Waals surface area contributed by atoms with E-state index in [1.807, 2.05) is 43.3 Å². The summed E-state index contributed by atoms with van der Waals surface area (Å²) in [6.45, 7) is 2.02. The van der Waals surface area contributed by atoms with Crippen molar-refractivity contribution >= 4 is 17.3 Å². The molecule has 0 atom stereocenters. The Morgan fingerprint density at radius 1 is 1.07 bits per heavy atom. The fourth-order valence-electron chi connectivity index (χ4n) is 1.66. The first-order chi connectivity index (χ1) is 7.16. The number of hydrogen-bond acceptors (Lipinski definition) is 1. The molecular weight excluding hydrogens is 206 g/mol. The lowest BCUT2D eigenvalue weighted by atomic mass is 10.0. The van der Waals surface area contributed by atoms with Crippen LogP contribution in [-0.4, -0.2) is 0 Å². The molecule has 15 heavy (non-hydrogen) atoms. The molecule has 0 aliphatic heterocycles. The van der Waals surface area contributed by atoms with Crippen LogP contribution >= 0.6 is 11.6 Å². The van der Waals surface area contributed by atoms with E-state index in [1.165, 1.54) is 0 Å². The SMILES string of the molecule is Cc1cc(N)cc(-c2ccccc2Cl)c1. The van der Waals surface area contributed by atoms with Gasteiger partial charge in [0.2, 0.25) is 0 Å². The predicted octanol–water partition coefficient (Wildman–Crippen LogP) is 3.90. The molecule has 0 aliphatic rings. The predicted molar refractivity (Wildman–Crippen MR) is 66.0 cm³/mol. The minimum atomic E-state index is 0.752. The molecule has 0 saturated heterocycles. The number of benzene rings is 2. The molecule has 2 aromatic carbocycles. The second kappa shape index (κ2) is 3.95. The lowest BCUT2D eigenvalue weighted by molar-refractivity contribution is 1.47. The molecule has 76 valence electrons. The molecule has 0 unspecified atom stereocenters. The fraction of sp³-hybridized carbons (Fsp3) is 0.0769. The van der Waals surface area contributed by atoms with E-state index < -0.39 is 0 Å². The average Bonchev–Trinajstić information content (AvgIpc) is 2.16. The highest BCUT2D eigenvalue weighted by Gasteiger charge is 2.03. The molecule has 0 spiro atoms. The van der Waals surface area contributed by atoms with Crippen LogP contribution < -0.4 is 5.73 Å². The smallest absolute Gasteiger partial charge is 0.0484 e. The quantitative estimate of drug-likeness (QED) is 0.721. The van der Waals surface area contributed by atoms with Crippen LogP contribution in [0.4, 0.5) is 5.69 Å². The largest absolute Gasteiger partial charge is 0.399 e. The normalized spacial score (nSPS) is 10.3. The number of nitrogens with two attached hydrogens (primary N) is 1. The maximum absolute atomic E-state index is 6.12. The topological polar surface area (TPSA) is 26.0 Å². The Labute approximate surface area is 94.5 Å². The number of nitrogen functional groups attached to an aromatic ring is 1. The molecule has 2 rings (SSSR count). The van der Waals surface area contributed by atoms with Crippen molar-refractivity contribution < 1.29 is 0 Å². The lowest BCUT2D eigenvalue weighted by Gasteiger charge is -2.06. The Balaban J connectivity index is 2.59. The molecule has 2 aromatic rings. The van der Waals surface area contributed by atoms with Gasteiger partial charge in [-0.25, -0.2) is 0 Å². The zero-order chi connectivity index (χ0) is 10.8. The van der Waals surface area contributed by atoms with Crippen LogP contribution in [0, 0.1) is 6.92 Å². The van der Waals surface area contributed by atoms with Crippen LogP contribution in [-0.2, 0) is 0 Å². The van der Waals surface area contributed by atoms with Gasteiger partial charge in [0.25, 0.3) is 0 Å². The highest BCUT2D eigenvalue weighted by molar-refractivity contribution is 6.33. The third kappa shape index (κ3) is 2.13. The van der Waals surface area contributed by atoms with E-state index in [4.69, 9.17) is 17.3 Å². The van der Waals surface area contributed by atoms with Gasteiger partial charge in [-0.2, -0.15) is 0 Å². The first kappa shape index (κ1) is 10.1. The number of hydrogen-bond donors (Lipinski definition) is 1. The standard InChI is InChI=1S/C13H12ClN/c1-9-6-10(8-11(15)7-9)12-4-2-3-5-13(12)14/h2-8H,15H2,1H3. The van der Waals surface area contributed by atoms with Crippen molar-refractivity contribution in [3.8, 4) is 11.1 Å². The third-order valence-electron chi connectivity index (χ3n) is 2.28. The first-order valence-corrected chi connectivity index (χ1v) is 5.17. The highest BCUT2D eigenvalue weighted by atomic mass is 35.5. The van der Waals surface area contributed by atoms with E-state index in [-0.39, 0.29) is 0 Å². The van der Waals surface area contributed by atoms with Crippen LogP contribution in [0.5, 0.6) is 0 Å². The molecule has 0 bridgehead atoms. The number of rotatable bonds is 1. The van der Waals surface area contributed by atoms with Crippen LogP contribution in [0.1, 0.15) is 5.56 Å². The van der Waals surface area contributed by atoms with Gasteiger partial charge in [-0.1, -0.05) is 35.9 Å². The monoisotopic (exact) mass is 217 g/mol. The Bertz CT molecular complexity index is 471. The van der Waals surface area contributed by atoms with Gasteiger partial charge in [-0.3, -0.25) is 0 Å². The fourth-order valence-corrected chi connectivity index (χ4v) is 1.91.